The van der Waals surface area contributed by atoms with Crippen molar-refractivity contribution in [3.63, 3.8) is 0 Å². The number of aromatic carboxylic acids is 1. The molecule has 0 aliphatic heterocycles. The molecule has 24 heavy (non-hydrogen) atoms. The van der Waals surface area contributed by atoms with E-state index in [1.807, 2.05) is 6.07 Å². The Bertz CT molecular complexity index is 666. The summed E-state index contributed by atoms with van der Waals surface area (Å²) in [6.07, 6.45) is 1.05. The van der Waals surface area contributed by atoms with Gasteiger partial charge in [0, 0.05) is 19.1 Å². The van der Waals surface area contributed by atoms with Crippen molar-refractivity contribution in [3.8, 4) is 0 Å². The van der Waals surface area contributed by atoms with Gasteiger partial charge in [-0.05, 0) is 49.3 Å². The van der Waals surface area contributed by atoms with Crippen LogP contribution in [-0.2, 0) is 13.0 Å². The van der Waals surface area contributed by atoms with E-state index >= 15 is 0 Å². The number of likely N-dealkylation sites (N-methyl/N-ethyl adjacent to an activating group) is 1. The molecular formula is C20H26N2O2. The van der Waals surface area contributed by atoms with E-state index in [1.54, 1.807) is 18.2 Å². The highest BCUT2D eigenvalue weighted by Gasteiger charge is 2.13. The van der Waals surface area contributed by atoms with Gasteiger partial charge in [-0.2, -0.15) is 0 Å². The largest absolute Gasteiger partial charge is 0.478 e. The predicted octanol–water partition coefficient (Wildman–Crippen LogP) is 3.34. The average Bonchev–Trinajstić information content (AvgIpc) is 2.59. The van der Waals surface area contributed by atoms with Gasteiger partial charge < -0.3 is 15.3 Å². The molecule has 1 unspecified atom stereocenters. The van der Waals surface area contributed by atoms with Crippen molar-refractivity contribution >= 4 is 5.97 Å². The van der Waals surface area contributed by atoms with Gasteiger partial charge >= 0.3 is 5.97 Å². The van der Waals surface area contributed by atoms with Crippen LogP contribution in [-0.4, -0.2) is 36.6 Å². The molecule has 128 valence electrons. The monoisotopic (exact) mass is 326 g/mol. The summed E-state index contributed by atoms with van der Waals surface area (Å²) in [6, 6.07) is 16.1. The lowest BCUT2D eigenvalue weighted by molar-refractivity contribution is 0.0696. The van der Waals surface area contributed by atoms with Crippen molar-refractivity contribution in [2.24, 2.45) is 0 Å². The van der Waals surface area contributed by atoms with Crippen LogP contribution in [0.15, 0.2) is 48.5 Å². The summed E-state index contributed by atoms with van der Waals surface area (Å²) in [5.41, 5.74) is 3.93. The van der Waals surface area contributed by atoms with Crippen LogP contribution in [0.2, 0.25) is 0 Å². The van der Waals surface area contributed by atoms with E-state index in [0.29, 0.717) is 12.1 Å². The maximum Gasteiger partial charge on any atom is 0.335 e. The number of hydrogen-bond acceptors (Lipinski definition) is 3. The molecule has 2 N–H and O–H groups in total. The molecule has 0 aliphatic carbocycles. The Morgan fingerprint density at radius 3 is 2.42 bits per heavy atom. The highest BCUT2D eigenvalue weighted by molar-refractivity contribution is 5.87. The Kier molecular flexibility index (Phi) is 6.53. The Morgan fingerprint density at radius 1 is 1.12 bits per heavy atom. The summed E-state index contributed by atoms with van der Waals surface area (Å²) >= 11 is 0. The summed E-state index contributed by atoms with van der Waals surface area (Å²) in [5, 5.41) is 12.5. The van der Waals surface area contributed by atoms with Gasteiger partial charge in [0.25, 0.3) is 0 Å². The SMILES string of the molecule is CCc1ccc(C(CNCc2cccc(C(=O)O)c2)N(C)C)cc1. The van der Waals surface area contributed by atoms with Crippen molar-refractivity contribution in [2.75, 3.05) is 20.6 Å². The Morgan fingerprint density at radius 2 is 1.83 bits per heavy atom. The molecule has 0 saturated carbocycles. The van der Waals surface area contributed by atoms with Crippen LogP contribution in [0.5, 0.6) is 0 Å². The predicted molar refractivity (Wildman–Crippen MR) is 97.4 cm³/mol. The molecule has 2 aromatic rings. The molecule has 4 nitrogen and oxygen atoms in total. The van der Waals surface area contributed by atoms with Crippen molar-refractivity contribution in [1.82, 2.24) is 10.2 Å². The zero-order chi connectivity index (χ0) is 17.5. The maximum atomic E-state index is 11.0. The summed E-state index contributed by atoms with van der Waals surface area (Å²) < 4.78 is 0. The van der Waals surface area contributed by atoms with Crippen LogP contribution < -0.4 is 5.32 Å². The van der Waals surface area contributed by atoms with Crippen LogP contribution in [0.4, 0.5) is 0 Å². The van der Waals surface area contributed by atoms with Gasteiger partial charge in [0.05, 0.1) is 5.56 Å². The summed E-state index contributed by atoms with van der Waals surface area (Å²) in [6.45, 7) is 3.61. The number of hydrogen-bond donors (Lipinski definition) is 2. The van der Waals surface area contributed by atoms with Gasteiger partial charge in [-0.1, -0.05) is 43.3 Å². The first-order valence-electron chi connectivity index (χ1n) is 8.29. The maximum absolute atomic E-state index is 11.0. The Balaban J connectivity index is 1.98. The van der Waals surface area contributed by atoms with E-state index in [1.165, 1.54) is 11.1 Å². The van der Waals surface area contributed by atoms with Crippen LogP contribution in [0.25, 0.3) is 0 Å². The van der Waals surface area contributed by atoms with Crippen LogP contribution in [0, 0.1) is 0 Å². The lowest BCUT2D eigenvalue weighted by Crippen LogP contribution is -2.30. The lowest BCUT2D eigenvalue weighted by atomic mass is 10.0. The number of rotatable bonds is 8. The summed E-state index contributed by atoms with van der Waals surface area (Å²) in [7, 11) is 4.15. The van der Waals surface area contributed by atoms with E-state index in [-0.39, 0.29) is 6.04 Å². The standard InChI is InChI=1S/C20H26N2O2/c1-4-15-8-10-17(11-9-15)19(22(2)3)14-21-13-16-6-5-7-18(12-16)20(23)24/h5-12,19,21H,4,13-14H2,1-3H3,(H,23,24). The molecule has 1 atom stereocenters. The van der Waals surface area contributed by atoms with E-state index < -0.39 is 5.97 Å². The molecule has 0 radical (unpaired) electrons. The molecule has 0 saturated heterocycles. The number of carbonyl (C=O) groups is 1. The Hall–Kier alpha value is -2.17. The highest BCUT2D eigenvalue weighted by Crippen LogP contribution is 2.18. The van der Waals surface area contributed by atoms with E-state index in [2.05, 4.69) is 55.5 Å². The number of nitrogens with one attached hydrogen (secondary N) is 1. The van der Waals surface area contributed by atoms with Crippen LogP contribution in [0.1, 0.15) is 40.0 Å². The first-order chi connectivity index (χ1) is 11.5. The van der Waals surface area contributed by atoms with Gasteiger partial charge in [-0.3, -0.25) is 0 Å². The van der Waals surface area contributed by atoms with E-state index in [9.17, 15) is 4.79 Å². The molecule has 0 amide bonds. The number of aryl methyl sites for hydroxylation is 1. The molecule has 2 aromatic carbocycles. The molecule has 2 rings (SSSR count). The Labute approximate surface area is 144 Å². The first kappa shape index (κ1) is 18.2. The summed E-state index contributed by atoms with van der Waals surface area (Å²) in [4.78, 5) is 13.2. The summed E-state index contributed by atoms with van der Waals surface area (Å²) in [5.74, 6) is -0.890. The van der Waals surface area contributed by atoms with Gasteiger partial charge in [-0.25, -0.2) is 4.79 Å². The second-order valence-corrected chi connectivity index (χ2v) is 6.21. The van der Waals surface area contributed by atoms with Crippen molar-refractivity contribution in [1.29, 1.82) is 0 Å². The van der Waals surface area contributed by atoms with Crippen molar-refractivity contribution < 1.29 is 9.90 Å². The number of nitrogens with zero attached hydrogens (tertiary/aromatic N) is 1. The van der Waals surface area contributed by atoms with Crippen molar-refractivity contribution in [3.05, 3.63) is 70.8 Å². The van der Waals surface area contributed by atoms with Crippen LogP contribution in [0.3, 0.4) is 0 Å². The molecule has 0 spiro atoms. The third-order valence-electron chi connectivity index (χ3n) is 4.24. The fourth-order valence-electron chi connectivity index (χ4n) is 2.74. The third-order valence-corrected chi connectivity index (χ3v) is 4.24. The van der Waals surface area contributed by atoms with Gasteiger partial charge in [0.2, 0.25) is 0 Å². The number of carboxylic acid groups (broad SMARTS) is 1. The minimum absolute atomic E-state index is 0.276. The van der Waals surface area contributed by atoms with Crippen LogP contribution >= 0.6 is 0 Å². The molecule has 0 aliphatic rings. The topological polar surface area (TPSA) is 52.6 Å². The van der Waals surface area contributed by atoms with Gasteiger partial charge in [0.15, 0.2) is 0 Å². The molecule has 0 heterocycles. The zero-order valence-electron chi connectivity index (χ0n) is 14.6. The highest BCUT2D eigenvalue weighted by atomic mass is 16.4. The zero-order valence-corrected chi connectivity index (χ0v) is 14.6. The van der Waals surface area contributed by atoms with E-state index in [0.717, 1.165) is 18.5 Å². The fourth-order valence-corrected chi connectivity index (χ4v) is 2.74. The second kappa shape index (κ2) is 8.62. The lowest BCUT2D eigenvalue weighted by Gasteiger charge is -2.25. The average molecular weight is 326 g/mol. The minimum atomic E-state index is -0.890. The smallest absolute Gasteiger partial charge is 0.335 e. The molecule has 0 bridgehead atoms. The normalized spacial score (nSPS) is 12.3. The van der Waals surface area contributed by atoms with Crippen molar-refractivity contribution in [2.45, 2.75) is 25.9 Å². The van der Waals surface area contributed by atoms with E-state index in [4.69, 9.17) is 5.11 Å². The number of carboxylic acids is 1. The molecule has 0 aromatic heterocycles. The minimum Gasteiger partial charge on any atom is -0.478 e. The molecular weight excluding hydrogens is 300 g/mol. The fraction of sp³-hybridized carbons (Fsp3) is 0.350. The third kappa shape index (κ3) is 4.91. The van der Waals surface area contributed by atoms with Gasteiger partial charge in [0.1, 0.15) is 0 Å². The second-order valence-electron chi connectivity index (χ2n) is 6.21. The quantitative estimate of drug-likeness (QED) is 0.781. The molecule has 4 heteroatoms. The molecule has 0 fully saturated rings. The van der Waals surface area contributed by atoms with Gasteiger partial charge in [-0.15, -0.1) is 0 Å². The first-order valence-corrected chi connectivity index (χ1v) is 8.29. The number of benzene rings is 2.